The number of nitrogens with one attached hydrogen (secondary N) is 1. The number of fused-ring (bicyclic) bond motifs is 1. The van der Waals surface area contributed by atoms with E-state index in [-0.39, 0.29) is 18.6 Å². The fraction of sp³-hybridized carbons (Fsp3) is 0.381. The Morgan fingerprint density at radius 3 is 2.73 bits per heavy atom. The first-order chi connectivity index (χ1) is 12.5. The third kappa shape index (κ3) is 4.48. The van der Waals surface area contributed by atoms with Crippen LogP contribution in [0.15, 0.2) is 42.5 Å². The molecule has 0 radical (unpaired) electrons. The summed E-state index contributed by atoms with van der Waals surface area (Å²) in [5.41, 5.74) is 2.46. The summed E-state index contributed by atoms with van der Waals surface area (Å²) in [6.45, 7) is 7.14. The molecule has 3 rings (SSSR count). The molecule has 138 valence electrons. The smallest absolute Gasteiger partial charge is 0.258 e. The summed E-state index contributed by atoms with van der Waals surface area (Å²) < 4.78 is 17.0. The molecule has 0 unspecified atom stereocenters. The molecule has 1 amide bonds. The van der Waals surface area contributed by atoms with Gasteiger partial charge in [-0.2, -0.15) is 0 Å². The Morgan fingerprint density at radius 2 is 2.00 bits per heavy atom. The minimum Gasteiger partial charge on any atom is -0.486 e. The molecule has 26 heavy (non-hydrogen) atoms. The summed E-state index contributed by atoms with van der Waals surface area (Å²) in [5, 5.41) is 2.83. The molecular formula is C21H25NO4. The second kappa shape index (κ2) is 8.13. The lowest BCUT2D eigenvalue weighted by molar-refractivity contribution is -0.123. The van der Waals surface area contributed by atoms with E-state index in [9.17, 15) is 4.79 Å². The highest BCUT2D eigenvalue weighted by molar-refractivity contribution is 5.77. The fourth-order valence-electron chi connectivity index (χ4n) is 2.98. The maximum absolute atomic E-state index is 12.0. The van der Waals surface area contributed by atoms with Crippen LogP contribution in [0, 0.1) is 6.92 Å². The quantitative estimate of drug-likeness (QED) is 0.862. The van der Waals surface area contributed by atoms with Gasteiger partial charge >= 0.3 is 0 Å². The minimum absolute atomic E-state index is 0.0232. The van der Waals surface area contributed by atoms with Gasteiger partial charge in [0.15, 0.2) is 18.1 Å². The second-order valence-electron chi connectivity index (χ2n) is 6.76. The number of hydrogen-bond acceptors (Lipinski definition) is 4. The van der Waals surface area contributed by atoms with Gasteiger partial charge in [0.05, 0.1) is 6.54 Å². The predicted octanol–water partition coefficient (Wildman–Crippen LogP) is 3.45. The number of carbonyl (C=O) groups is 1. The summed E-state index contributed by atoms with van der Waals surface area (Å²) in [7, 11) is 0. The monoisotopic (exact) mass is 355 g/mol. The molecule has 5 nitrogen and oxygen atoms in total. The average molecular weight is 355 g/mol. The summed E-state index contributed by atoms with van der Waals surface area (Å²) in [6, 6.07) is 13.4. The van der Waals surface area contributed by atoms with Crippen molar-refractivity contribution in [2.75, 3.05) is 19.8 Å². The van der Waals surface area contributed by atoms with E-state index in [0.29, 0.717) is 30.6 Å². The van der Waals surface area contributed by atoms with Crippen LogP contribution in [0.5, 0.6) is 17.2 Å². The highest BCUT2D eigenvalue weighted by Gasteiger charge is 2.21. The number of hydrogen-bond donors (Lipinski definition) is 1. The van der Waals surface area contributed by atoms with Crippen LogP contribution in [0.1, 0.15) is 30.9 Å². The largest absolute Gasteiger partial charge is 0.486 e. The molecule has 0 aromatic heterocycles. The van der Waals surface area contributed by atoms with Gasteiger partial charge in [-0.15, -0.1) is 0 Å². The minimum atomic E-state index is -0.207. The lowest BCUT2D eigenvalue weighted by Gasteiger charge is -2.26. The number of carbonyl (C=O) groups excluding carboxylic acids is 1. The maximum Gasteiger partial charge on any atom is 0.258 e. The summed E-state index contributed by atoms with van der Waals surface area (Å²) in [4.78, 5) is 12.0. The van der Waals surface area contributed by atoms with E-state index in [0.717, 1.165) is 5.75 Å². The van der Waals surface area contributed by atoms with Gasteiger partial charge in [0.1, 0.15) is 18.5 Å². The van der Waals surface area contributed by atoms with Gasteiger partial charge in [-0.05, 0) is 48.2 Å². The molecule has 1 N–H and O–H groups in total. The zero-order valence-corrected chi connectivity index (χ0v) is 15.5. The third-order valence-electron chi connectivity index (χ3n) is 4.33. The van der Waals surface area contributed by atoms with Gasteiger partial charge < -0.3 is 19.5 Å². The van der Waals surface area contributed by atoms with E-state index < -0.39 is 0 Å². The summed E-state index contributed by atoms with van der Waals surface area (Å²) in [6.07, 6.45) is -0.207. The van der Waals surface area contributed by atoms with Gasteiger partial charge in [-0.3, -0.25) is 4.79 Å². The molecule has 0 bridgehead atoms. The molecule has 1 heterocycles. The van der Waals surface area contributed by atoms with Crippen molar-refractivity contribution in [3.05, 3.63) is 53.6 Å². The zero-order chi connectivity index (χ0) is 18.5. The van der Waals surface area contributed by atoms with Crippen LogP contribution < -0.4 is 19.5 Å². The lowest BCUT2D eigenvalue weighted by atomic mass is 9.98. The highest BCUT2D eigenvalue weighted by atomic mass is 16.6. The Hall–Kier alpha value is -2.69. The van der Waals surface area contributed by atoms with Crippen molar-refractivity contribution < 1.29 is 19.0 Å². The number of amides is 1. The van der Waals surface area contributed by atoms with Gasteiger partial charge in [-0.1, -0.05) is 32.0 Å². The van der Waals surface area contributed by atoms with Crippen molar-refractivity contribution in [3.63, 3.8) is 0 Å². The van der Waals surface area contributed by atoms with Crippen molar-refractivity contribution in [2.45, 2.75) is 32.8 Å². The molecule has 2 aromatic carbocycles. The van der Waals surface area contributed by atoms with Crippen LogP contribution in [0.4, 0.5) is 0 Å². The van der Waals surface area contributed by atoms with Crippen LogP contribution in [-0.4, -0.2) is 31.8 Å². The van der Waals surface area contributed by atoms with E-state index >= 15 is 0 Å². The Labute approximate surface area is 154 Å². The topological polar surface area (TPSA) is 56.8 Å². The standard InChI is InChI=1S/C21H25NO4/c1-14(2)18-9-8-16(10-15(18)3)24-13-21(23)22-11-17-12-25-19-6-4-5-7-20(19)26-17/h4-10,14,17H,11-13H2,1-3H3,(H,22,23)/t17-/m1/s1. The van der Waals surface area contributed by atoms with Gasteiger partial charge in [0.2, 0.25) is 0 Å². The first-order valence-electron chi connectivity index (χ1n) is 8.91. The van der Waals surface area contributed by atoms with Gasteiger partial charge in [-0.25, -0.2) is 0 Å². The number of rotatable bonds is 6. The summed E-state index contributed by atoms with van der Waals surface area (Å²) in [5.74, 6) is 2.43. The number of aryl methyl sites for hydroxylation is 1. The molecule has 0 saturated carbocycles. The first kappa shape index (κ1) is 18.1. The Balaban J connectivity index is 1.44. The summed E-state index contributed by atoms with van der Waals surface area (Å²) >= 11 is 0. The van der Waals surface area contributed by atoms with E-state index in [1.54, 1.807) is 0 Å². The Bertz CT molecular complexity index is 772. The van der Waals surface area contributed by atoms with Crippen LogP contribution in [-0.2, 0) is 4.79 Å². The van der Waals surface area contributed by atoms with E-state index in [2.05, 4.69) is 32.2 Å². The van der Waals surface area contributed by atoms with Gasteiger partial charge in [0.25, 0.3) is 5.91 Å². The molecule has 0 spiro atoms. The van der Waals surface area contributed by atoms with E-state index in [4.69, 9.17) is 14.2 Å². The molecule has 1 aliphatic heterocycles. The normalized spacial score (nSPS) is 15.6. The molecule has 1 aliphatic rings. The van der Waals surface area contributed by atoms with E-state index in [1.165, 1.54) is 11.1 Å². The molecule has 1 atom stereocenters. The maximum atomic E-state index is 12.0. The molecule has 2 aromatic rings. The van der Waals surface area contributed by atoms with Crippen LogP contribution in [0.25, 0.3) is 0 Å². The van der Waals surface area contributed by atoms with Crippen molar-refractivity contribution in [1.29, 1.82) is 0 Å². The second-order valence-corrected chi connectivity index (χ2v) is 6.76. The zero-order valence-electron chi connectivity index (χ0n) is 15.5. The first-order valence-corrected chi connectivity index (χ1v) is 8.91. The number of ether oxygens (including phenoxy) is 3. The predicted molar refractivity (Wildman–Crippen MR) is 100 cm³/mol. The lowest BCUT2D eigenvalue weighted by Crippen LogP contribution is -2.42. The van der Waals surface area contributed by atoms with Gasteiger partial charge in [0, 0.05) is 0 Å². The third-order valence-corrected chi connectivity index (χ3v) is 4.33. The molecular weight excluding hydrogens is 330 g/mol. The Morgan fingerprint density at radius 1 is 1.23 bits per heavy atom. The molecule has 0 fully saturated rings. The van der Waals surface area contributed by atoms with Crippen LogP contribution in [0.3, 0.4) is 0 Å². The SMILES string of the molecule is Cc1cc(OCC(=O)NC[C@@H]2COc3ccccc3O2)ccc1C(C)C. The number of benzene rings is 2. The number of para-hydroxylation sites is 2. The van der Waals surface area contributed by atoms with Crippen LogP contribution in [0.2, 0.25) is 0 Å². The highest BCUT2D eigenvalue weighted by Crippen LogP contribution is 2.30. The Kier molecular flexibility index (Phi) is 5.66. The molecule has 0 aliphatic carbocycles. The molecule has 5 heteroatoms. The van der Waals surface area contributed by atoms with Crippen molar-refractivity contribution >= 4 is 5.91 Å². The average Bonchev–Trinajstić information content (AvgIpc) is 2.64. The fourth-order valence-corrected chi connectivity index (χ4v) is 2.98. The van der Waals surface area contributed by atoms with Crippen molar-refractivity contribution in [3.8, 4) is 17.2 Å². The van der Waals surface area contributed by atoms with Crippen molar-refractivity contribution in [1.82, 2.24) is 5.32 Å². The van der Waals surface area contributed by atoms with E-state index in [1.807, 2.05) is 36.4 Å². The van der Waals surface area contributed by atoms with Crippen LogP contribution >= 0.6 is 0 Å². The molecule has 0 saturated heterocycles. The van der Waals surface area contributed by atoms with Crippen molar-refractivity contribution in [2.24, 2.45) is 0 Å².